The minimum atomic E-state index is -0.795. The molecule has 1 atom stereocenters. The standard InChI is InChI=1S/C22H22ClNO6/c1-28-10-9-24-19(13-5-4-6-15(11-13)29-2)18(21(26)22(24)27)20(25)14-7-8-16(23)17(12-14)30-3/h4-8,11-12,19,25H,9-10H2,1-3H3/b20-18-. The van der Waals surface area contributed by atoms with Crippen LogP contribution in [0.5, 0.6) is 11.5 Å². The first-order chi connectivity index (χ1) is 14.4. The lowest BCUT2D eigenvalue weighted by molar-refractivity contribution is -0.140. The molecule has 1 saturated heterocycles. The molecule has 1 aliphatic rings. The number of halogens is 1. The molecule has 1 unspecified atom stereocenters. The molecular weight excluding hydrogens is 410 g/mol. The number of aliphatic hydroxyl groups excluding tert-OH is 1. The van der Waals surface area contributed by atoms with Gasteiger partial charge in [0.15, 0.2) is 0 Å². The monoisotopic (exact) mass is 431 g/mol. The van der Waals surface area contributed by atoms with E-state index in [-0.39, 0.29) is 24.5 Å². The van der Waals surface area contributed by atoms with Gasteiger partial charge < -0.3 is 24.2 Å². The fourth-order valence-electron chi connectivity index (χ4n) is 3.42. The van der Waals surface area contributed by atoms with Gasteiger partial charge in [-0.05, 0) is 35.9 Å². The molecule has 158 valence electrons. The maximum atomic E-state index is 12.9. The van der Waals surface area contributed by atoms with Gasteiger partial charge in [-0.2, -0.15) is 0 Å². The van der Waals surface area contributed by atoms with Crippen LogP contribution in [-0.4, -0.2) is 56.2 Å². The smallest absolute Gasteiger partial charge is 0.295 e. The van der Waals surface area contributed by atoms with E-state index in [4.69, 9.17) is 25.8 Å². The van der Waals surface area contributed by atoms with E-state index in [0.717, 1.165) is 0 Å². The van der Waals surface area contributed by atoms with Crippen LogP contribution in [0.4, 0.5) is 0 Å². The molecule has 3 rings (SSSR count). The first-order valence-electron chi connectivity index (χ1n) is 9.18. The predicted octanol–water partition coefficient (Wildman–Crippen LogP) is 3.43. The number of amides is 1. The predicted molar refractivity (Wildman–Crippen MR) is 112 cm³/mol. The van der Waals surface area contributed by atoms with Crippen LogP contribution >= 0.6 is 11.6 Å². The largest absolute Gasteiger partial charge is 0.507 e. The molecule has 0 aliphatic carbocycles. The molecule has 30 heavy (non-hydrogen) atoms. The molecule has 0 radical (unpaired) electrons. The number of hydrogen-bond acceptors (Lipinski definition) is 6. The molecule has 1 fully saturated rings. The number of benzene rings is 2. The van der Waals surface area contributed by atoms with E-state index in [2.05, 4.69) is 0 Å². The van der Waals surface area contributed by atoms with E-state index >= 15 is 0 Å². The van der Waals surface area contributed by atoms with E-state index in [9.17, 15) is 14.7 Å². The van der Waals surface area contributed by atoms with Crippen molar-refractivity contribution in [3.63, 3.8) is 0 Å². The topological polar surface area (TPSA) is 85.3 Å². The number of aliphatic hydroxyl groups is 1. The summed E-state index contributed by atoms with van der Waals surface area (Å²) in [5.41, 5.74) is 0.926. The van der Waals surface area contributed by atoms with E-state index in [0.29, 0.717) is 27.6 Å². The van der Waals surface area contributed by atoms with Gasteiger partial charge in [-0.15, -0.1) is 0 Å². The summed E-state index contributed by atoms with van der Waals surface area (Å²) in [5.74, 6) is -0.881. The van der Waals surface area contributed by atoms with E-state index < -0.39 is 17.7 Å². The molecule has 1 amide bonds. The molecule has 8 heteroatoms. The number of methoxy groups -OCH3 is 3. The number of Topliss-reactive ketones (excluding diaryl/α,β-unsaturated/α-hetero) is 1. The van der Waals surface area contributed by atoms with Crippen LogP contribution in [0.15, 0.2) is 48.0 Å². The van der Waals surface area contributed by atoms with Crippen molar-refractivity contribution in [1.29, 1.82) is 0 Å². The molecule has 7 nitrogen and oxygen atoms in total. The number of nitrogens with zero attached hydrogens (tertiary/aromatic N) is 1. The van der Waals surface area contributed by atoms with Gasteiger partial charge in [0.25, 0.3) is 11.7 Å². The van der Waals surface area contributed by atoms with Gasteiger partial charge in [0, 0.05) is 19.2 Å². The molecule has 0 bridgehead atoms. The van der Waals surface area contributed by atoms with Crippen molar-refractivity contribution >= 4 is 29.1 Å². The summed E-state index contributed by atoms with van der Waals surface area (Å²) in [6.45, 7) is 0.423. The maximum Gasteiger partial charge on any atom is 0.295 e. The van der Waals surface area contributed by atoms with Gasteiger partial charge in [0.2, 0.25) is 0 Å². The van der Waals surface area contributed by atoms with Crippen molar-refractivity contribution in [1.82, 2.24) is 4.90 Å². The Bertz CT molecular complexity index is 1000. The summed E-state index contributed by atoms with van der Waals surface area (Å²) in [4.78, 5) is 27.1. The van der Waals surface area contributed by atoms with Crippen molar-refractivity contribution in [2.45, 2.75) is 6.04 Å². The Morgan fingerprint density at radius 2 is 1.87 bits per heavy atom. The van der Waals surface area contributed by atoms with Crippen molar-refractivity contribution in [3.05, 3.63) is 64.2 Å². The molecule has 2 aromatic rings. The quantitative estimate of drug-likeness (QED) is 0.410. The number of ether oxygens (including phenoxy) is 3. The second-order valence-corrected chi connectivity index (χ2v) is 7.02. The highest BCUT2D eigenvalue weighted by Crippen LogP contribution is 2.40. The second-order valence-electron chi connectivity index (χ2n) is 6.61. The summed E-state index contributed by atoms with van der Waals surface area (Å²) >= 11 is 6.07. The summed E-state index contributed by atoms with van der Waals surface area (Å²) in [5, 5.41) is 11.4. The third-order valence-electron chi connectivity index (χ3n) is 4.91. The summed E-state index contributed by atoms with van der Waals surface area (Å²) < 4.78 is 15.6. The van der Waals surface area contributed by atoms with Crippen LogP contribution in [0.25, 0.3) is 5.76 Å². The van der Waals surface area contributed by atoms with Crippen LogP contribution in [0.1, 0.15) is 17.2 Å². The number of likely N-dealkylation sites (tertiary alicyclic amines) is 1. The highest BCUT2D eigenvalue weighted by Gasteiger charge is 2.46. The fourth-order valence-corrected chi connectivity index (χ4v) is 3.62. The van der Waals surface area contributed by atoms with Crippen LogP contribution in [0, 0.1) is 0 Å². The van der Waals surface area contributed by atoms with Crippen molar-refractivity contribution in [3.8, 4) is 11.5 Å². The average molecular weight is 432 g/mol. The highest BCUT2D eigenvalue weighted by atomic mass is 35.5. The van der Waals surface area contributed by atoms with E-state index in [1.165, 1.54) is 32.3 Å². The molecule has 1 aliphatic heterocycles. The third kappa shape index (κ3) is 3.99. The Balaban J connectivity index is 2.19. The lowest BCUT2D eigenvalue weighted by Crippen LogP contribution is -2.32. The second kappa shape index (κ2) is 9.19. The molecule has 2 aromatic carbocycles. The maximum absolute atomic E-state index is 12.9. The third-order valence-corrected chi connectivity index (χ3v) is 5.22. The van der Waals surface area contributed by atoms with Crippen LogP contribution in [0.3, 0.4) is 0 Å². The van der Waals surface area contributed by atoms with Gasteiger partial charge in [0.1, 0.15) is 17.3 Å². The Kier molecular flexibility index (Phi) is 6.64. The number of carbonyl (C=O) groups excluding carboxylic acids is 2. The van der Waals surface area contributed by atoms with E-state index in [1.807, 2.05) is 0 Å². The van der Waals surface area contributed by atoms with Gasteiger partial charge in [0.05, 0.1) is 37.5 Å². The number of carbonyl (C=O) groups is 2. The molecule has 0 saturated carbocycles. The van der Waals surface area contributed by atoms with Gasteiger partial charge >= 0.3 is 0 Å². The molecular formula is C22H22ClNO6. The lowest BCUT2D eigenvalue weighted by Gasteiger charge is -2.25. The summed E-state index contributed by atoms with van der Waals surface area (Å²) in [6, 6.07) is 10.9. The SMILES string of the molecule is COCCN1C(=O)C(=O)/C(=C(\O)c2ccc(Cl)c(OC)c2)C1c1cccc(OC)c1. The Labute approximate surface area is 179 Å². The first-order valence-corrected chi connectivity index (χ1v) is 9.56. The van der Waals surface area contributed by atoms with Crippen molar-refractivity contribution in [2.75, 3.05) is 34.5 Å². The van der Waals surface area contributed by atoms with E-state index in [1.54, 1.807) is 36.4 Å². The number of hydrogen-bond donors (Lipinski definition) is 1. The van der Waals surface area contributed by atoms with Gasteiger partial charge in [-0.25, -0.2) is 0 Å². The number of rotatable bonds is 7. The molecule has 1 heterocycles. The van der Waals surface area contributed by atoms with Crippen LogP contribution < -0.4 is 9.47 Å². The zero-order valence-electron chi connectivity index (χ0n) is 16.8. The van der Waals surface area contributed by atoms with Crippen molar-refractivity contribution < 1.29 is 28.9 Å². The highest BCUT2D eigenvalue weighted by molar-refractivity contribution is 6.46. The summed E-state index contributed by atoms with van der Waals surface area (Å²) in [7, 11) is 4.49. The fraction of sp³-hybridized carbons (Fsp3) is 0.273. The molecule has 0 aromatic heterocycles. The van der Waals surface area contributed by atoms with Gasteiger partial charge in [-0.3, -0.25) is 9.59 Å². The normalized spacial score (nSPS) is 18.0. The minimum absolute atomic E-state index is 0.0197. The summed E-state index contributed by atoms with van der Waals surface area (Å²) in [6.07, 6.45) is 0. The Hall–Kier alpha value is -3.03. The zero-order chi connectivity index (χ0) is 21.8. The van der Waals surface area contributed by atoms with Crippen molar-refractivity contribution in [2.24, 2.45) is 0 Å². The lowest BCUT2D eigenvalue weighted by atomic mass is 9.95. The Morgan fingerprint density at radius 1 is 1.10 bits per heavy atom. The Morgan fingerprint density at radius 3 is 2.53 bits per heavy atom. The number of ketones is 1. The van der Waals surface area contributed by atoms with Crippen LogP contribution in [-0.2, 0) is 14.3 Å². The molecule has 0 spiro atoms. The minimum Gasteiger partial charge on any atom is -0.507 e. The zero-order valence-corrected chi connectivity index (χ0v) is 17.6. The average Bonchev–Trinajstić information content (AvgIpc) is 3.02. The first kappa shape index (κ1) is 21.7. The molecule has 1 N–H and O–H groups in total. The van der Waals surface area contributed by atoms with Gasteiger partial charge in [-0.1, -0.05) is 23.7 Å². The van der Waals surface area contributed by atoms with Crippen LogP contribution in [0.2, 0.25) is 5.02 Å².